The average Bonchev–Trinajstić information content (AvgIpc) is 3.51. The van der Waals surface area contributed by atoms with Gasteiger partial charge in [0.1, 0.15) is 24.0 Å². The first-order valence-corrected chi connectivity index (χ1v) is 13.6. The molecule has 5 aliphatic rings. The fraction of sp³-hybridized carbons (Fsp3) is 0.586. The van der Waals surface area contributed by atoms with Crippen LogP contribution in [0.15, 0.2) is 47.8 Å². The lowest BCUT2D eigenvalue weighted by Crippen LogP contribution is -2.42. The molecule has 5 N–H and O–H groups in total. The van der Waals surface area contributed by atoms with Crippen LogP contribution in [0.5, 0.6) is 0 Å². The third-order valence-electron chi connectivity index (χ3n) is 9.48. The Labute approximate surface area is 221 Å². The molecular weight excluding hydrogens is 488 g/mol. The summed E-state index contributed by atoms with van der Waals surface area (Å²) >= 11 is 0. The molecule has 5 rings (SSSR count). The molecule has 9 nitrogen and oxygen atoms in total. The van der Waals surface area contributed by atoms with E-state index in [2.05, 4.69) is 29.7 Å². The highest BCUT2D eigenvalue weighted by Gasteiger charge is 2.53. The number of aliphatic hydroxyl groups excluding tert-OH is 3. The van der Waals surface area contributed by atoms with Gasteiger partial charge in [-0.2, -0.15) is 0 Å². The van der Waals surface area contributed by atoms with Crippen molar-refractivity contribution in [3.8, 4) is 0 Å². The Hall–Kier alpha value is -3.04. The van der Waals surface area contributed by atoms with E-state index in [1.807, 2.05) is 12.2 Å². The molecule has 204 valence electrons. The Morgan fingerprint density at radius 2 is 1.76 bits per heavy atom. The number of nitrogens with one attached hydrogen (secondary N) is 2. The molecule has 3 aliphatic carbocycles. The first-order valence-electron chi connectivity index (χ1n) is 13.6. The number of aliphatic hydroxyl groups is 3. The van der Waals surface area contributed by atoms with Crippen molar-refractivity contribution in [3.05, 3.63) is 47.8 Å². The normalized spacial score (nSPS) is 41.0. The zero-order valence-electron chi connectivity index (χ0n) is 21.5. The third kappa shape index (κ3) is 4.66. The number of ketones is 2. The van der Waals surface area contributed by atoms with Crippen molar-refractivity contribution >= 4 is 23.4 Å². The van der Waals surface area contributed by atoms with Gasteiger partial charge < -0.3 is 26.0 Å². The molecule has 2 bridgehead atoms. The molecule has 0 aromatic rings. The molecule has 9 heteroatoms. The van der Waals surface area contributed by atoms with E-state index in [1.165, 1.54) is 12.2 Å². The van der Waals surface area contributed by atoms with Crippen LogP contribution >= 0.6 is 0 Å². The van der Waals surface area contributed by atoms with E-state index in [0.29, 0.717) is 18.3 Å². The molecule has 2 saturated carbocycles. The lowest BCUT2D eigenvalue weighted by molar-refractivity contribution is -0.127. The lowest BCUT2D eigenvalue weighted by atomic mass is 9.69. The number of allylic oxidation sites excluding steroid dienone is 5. The molecule has 38 heavy (non-hydrogen) atoms. The number of fused-ring (bicyclic) bond motifs is 7. The van der Waals surface area contributed by atoms with E-state index in [9.17, 15) is 34.5 Å². The van der Waals surface area contributed by atoms with Gasteiger partial charge in [-0.3, -0.25) is 19.2 Å². The SMILES string of the molecule is C[C@@H]1C[C@H]2[C@@H](C=C[C@@H]3[C@H]4CC=CC(=O)NCC[C@H](O)[C@@H]5NC(=O)C(=C(O)C=C[C@@H]4C[C@@H]32)C5=O)[C@@H]1C(=O)CO. The van der Waals surface area contributed by atoms with Crippen molar-refractivity contribution < 1.29 is 34.5 Å². The van der Waals surface area contributed by atoms with Gasteiger partial charge in [0.2, 0.25) is 5.91 Å². The highest BCUT2D eigenvalue weighted by atomic mass is 16.3. The maximum Gasteiger partial charge on any atom is 0.259 e. The molecule has 0 spiro atoms. The Morgan fingerprint density at radius 3 is 2.53 bits per heavy atom. The average molecular weight is 525 g/mol. The second kappa shape index (κ2) is 10.6. The maximum absolute atomic E-state index is 12.8. The molecule has 0 radical (unpaired) electrons. The van der Waals surface area contributed by atoms with Crippen LogP contribution < -0.4 is 10.6 Å². The Kier molecular flexibility index (Phi) is 7.42. The van der Waals surface area contributed by atoms with Gasteiger partial charge >= 0.3 is 0 Å². The summed E-state index contributed by atoms with van der Waals surface area (Å²) < 4.78 is 0. The lowest BCUT2D eigenvalue weighted by Gasteiger charge is -2.35. The van der Waals surface area contributed by atoms with E-state index in [0.717, 1.165) is 12.8 Å². The van der Waals surface area contributed by atoms with Gasteiger partial charge in [0.15, 0.2) is 11.6 Å². The van der Waals surface area contributed by atoms with E-state index >= 15 is 0 Å². The number of Topliss-reactive ketones (excluding diaryl/α,β-unsaturated/α-hetero) is 2. The van der Waals surface area contributed by atoms with Crippen LogP contribution in [0.4, 0.5) is 0 Å². The minimum absolute atomic E-state index is 0.0145. The fourth-order valence-corrected chi connectivity index (χ4v) is 7.80. The summed E-state index contributed by atoms with van der Waals surface area (Å²) in [7, 11) is 0. The van der Waals surface area contributed by atoms with Crippen molar-refractivity contribution in [2.45, 2.75) is 44.8 Å². The molecule has 10 atom stereocenters. The monoisotopic (exact) mass is 524 g/mol. The highest BCUT2D eigenvalue weighted by molar-refractivity contribution is 6.27. The molecule has 2 aliphatic heterocycles. The van der Waals surface area contributed by atoms with Crippen LogP contribution in [0, 0.1) is 47.3 Å². The molecule has 2 amide bonds. The summed E-state index contributed by atoms with van der Waals surface area (Å²) in [6.45, 7) is 1.76. The minimum Gasteiger partial charge on any atom is -0.507 e. The largest absolute Gasteiger partial charge is 0.507 e. The maximum atomic E-state index is 12.8. The van der Waals surface area contributed by atoms with Crippen molar-refractivity contribution in [2.75, 3.05) is 13.2 Å². The second-order valence-corrected chi connectivity index (χ2v) is 11.5. The summed E-state index contributed by atoms with van der Waals surface area (Å²) in [5.41, 5.74) is -0.358. The van der Waals surface area contributed by atoms with Crippen LogP contribution in [-0.2, 0) is 19.2 Å². The van der Waals surface area contributed by atoms with Crippen LogP contribution in [-0.4, -0.2) is 64.0 Å². The van der Waals surface area contributed by atoms with Crippen molar-refractivity contribution in [2.24, 2.45) is 47.3 Å². The zero-order valence-corrected chi connectivity index (χ0v) is 21.5. The van der Waals surface area contributed by atoms with E-state index in [1.54, 1.807) is 0 Å². The molecule has 0 aromatic heterocycles. The second-order valence-electron chi connectivity index (χ2n) is 11.5. The Bertz CT molecular complexity index is 1140. The minimum atomic E-state index is -1.20. The van der Waals surface area contributed by atoms with Gasteiger partial charge in [-0.1, -0.05) is 31.2 Å². The first kappa shape index (κ1) is 26.6. The number of hydrogen-bond acceptors (Lipinski definition) is 7. The summed E-state index contributed by atoms with van der Waals surface area (Å²) in [6, 6.07) is -1.17. The summed E-state index contributed by atoms with van der Waals surface area (Å²) in [5.74, 6) is -1.13. The van der Waals surface area contributed by atoms with Gasteiger partial charge in [-0.25, -0.2) is 0 Å². The van der Waals surface area contributed by atoms with Crippen molar-refractivity contribution in [1.82, 2.24) is 10.6 Å². The van der Waals surface area contributed by atoms with Gasteiger partial charge in [0.05, 0.1) is 6.10 Å². The van der Waals surface area contributed by atoms with Gasteiger partial charge in [-0.15, -0.1) is 0 Å². The predicted octanol–water partition coefficient (Wildman–Crippen LogP) is 1.14. The predicted molar refractivity (Wildman–Crippen MR) is 137 cm³/mol. The highest BCUT2D eigenvalue weighted by Crippen LogP contribution is 2.58. The van der Waals surface area contributed by atoms with Gasteiger partial charge in [0.25, 0.3) is 5.91 Å². The summed E-state index contributed by atoms with van der Waals surface area (Å²) in [5, 5.41) is 35.8. The Balaban J connectivity index is 1.46. The van der Waals surface area contributed by atoms with Crippen molar-refractivity contribution in [1.29, 1.82) is 0 Å². The van der Waals surface area contributed by atoms with Gasteiger partial charge in [-0.05, 0) is 79.3 Å². The van der Waals surface area contributed by atoms with Crippen LogP contribution in [0.3, 0.4) is 0 Å². The number of carbonyl (C=O) groups excluding carboxylic acids is 4. The number of hydrogen-bond donors (Lipinski definition) is 5. The zero-order chi connectivity index (χ0) is 27.1. The fourth-order valence-electron chi connectivity index (χ4n) is 7.80. The van der Waals surface area contributed by atoms with E-state index in [-0.39, 0.29) is 65.7 Å². The van der Waals surface area contributed by atoms with Crippen LogP contribution in [0.1, 0.15) is 32.6 Å². The van der Waals surface area contributed by atoms with E-state index in [4.69, 9.17) is 0 Å². The standard InChI is InChI=1S/C29H36N2O7/c1-14-11-19-18(25(14)23(35)13-32)7-6-17-16-3-2-4-24(36)30-10-9-22(34)27-28(37)26(29(38)31-27)21(33)8-5-15(16)12-20(17)19/h2,4-8,14-20,22,25,27,32-34H,3,9-13H2,1H3,(H,30,36)(H,31,38)/t14-,15-,16+,17-,18-,19+,20+,22+,25-,27+/m1/s1. The molecule has 2 heterocycles. The molecule has 0 aromatic carbocycles. The Morgan fingerprint density at radius 1 is 1.03 bits per heavy atom. The van der Waals surface area contributed by atoms with Crippen LogP contribution in [0.25, 0.3) is 0 Å². The molecule has 0 unspecified atom stereocenters. The number of carbonyl (C=O) groups is 4. The topological polar surface area (TPSA) is 153 Å². The molecule has 1 saturated heterocycles. The van der Waals surface area contributed by atoms with Gasteiger partial charge in [0, 0.05) is 12.5 Å². The summed E-state index contributed by atoms with van der Waals surface area (Å²) in [4.78, 5) is 50.2. The quantitative estimate of drug-likeness (QED) is 0.268. The smallest absolute Gasteiger partial charge is 0.259 e. The molecular formula is C29H36N2O7. The summed E-state index contributed by atoms with van der Waals surface area (Å²) in [6.07, 6.45) is 12.2. The van der Waals surface area contributed by atoms with Crippen molar-refractivity contribution in [3.63, 3.8) is 0 Å². The third-order valence-corrected chi connectivity index (χ3v) is 9.48. The van der Waals surface area contributed by atoms with E-state index < -0.39 is 36.2 Å². The number of amides is 2. The van der Waals surface area contributed by atoms with Crippen LogP contribution in [0.2, 0.25) is 0 Å². The first-order chi connectivity index (χ1) is 18.2. The molecule has 3 fully saturated rings. The number of rotatable bonds is 2.